The van der Waals surface area contributed by atoms with Crippen molar-refractivity contribution in [1.82, 2.24) is 0 Å². The van der Waals surface area contributed by atoms with E-state index in [4.69, 9.17) is 5.11 Å². The van der Waals surface area contributed by atoms with Gasteiger partial charge in [0.2, 0.25) is 0 Å². The van der Waals surface area contributed by atoms with E-state index in [1.165, 1.54) is 12.1 Å². The number of alkyl halides is 3. The molecule has 0 spiro atoms. The molecule has 0 heterocycles. The van der Waals surface area contributed by atoms with E-state index in [0.717, 1.165) is 30.3 Å². The fraction of sp³-hybridized carbons (Fsp3) is 0.0714. The Morgan fingerprint density at radius 3 is 2.27 bits per heavy atom. The first-order valence-corrected chi connectivity index (χ1v) is 5.90. The molecule has 0 saturated carbocycles. The molecule has 5 nitrogen and oxygen atoms in total. The average Bonchev–Trinajstić information content (AvgIpc) is 2.45. The molecule has 2 aromatic carbocycles. The van der Waals surface area contributed by atoms with E-state index in [1.54, 1.807) is 0 Å². The minimum Gasteiger partial charge on any atom is -0.478 e. The second-order valence-electron chi connectivity index (χ2n) is 4.34. The second-order valence-corrected chi connectivity index (χ2v) is 4.34. The first-order valence-electron chi connectivity index (χ1n) is 5.90. The number of nitrogens with zero attached hydrogens (tertiary/aromatic N) is 1. The van der Waals surface area contributed by atoms with Crippen LogP contribution in [0.1, 0.15) is 15.9 Å². The van der Waals surface area contributed by atoms with Crippen LogP contribution >= 0.6 is 0 Å². The summed E-state index contributed by atoms with van der Waals surface area (Å²) in [4.78, 5) is 21.0. The zero-order valence-electron chi connectivity index (χ0n) is 10.8. The van der Waals surface area contributed by atoms with Gasteiger partial charge in [-0.05, 0) is 18.2 Å². The molecular formula is C14H8F3NO4. The highest BCUT2D eigenvalue weighted by Crippen LogP contribution is 2.40. The number of hydrogen-bond acceptors (Lipinski definition) is 3. The number of carbonyl (C=O) groups is 1. The van der Waals surface area contributed by atoms with E-state index >= 15 is 0 Å². The average molecular weight is 311 g/mol. The zero-order chi connectivity index (χ0) is 16.5. The van der Waals surface area contributed by atoms with Crippen LogP contribution in [0, 0.1) is 10.1 Å². The van der Waals surface area contributed by atoms with Crippen LogP contribution in [0.15, 0.2) is 42.5 Å². The number of carboxylic acid groups (broad SMARTS) is 1. The lowest BCUT2D eigenvalue weighted by atomic mass is 9.96. The lowest BCUT2D eigenvalue weighted by molar-refractivity contribution is -0.384. The highest BCUT2D eigenvalue weighted by Gasteiger charge is 2.35. The fourth-order valence-corrected chi connectivity index (χ4v) is 2.01. The Labute approximate surface area is 121 Å². The molecule has 0 aliphatic rings. The minimum absolute atomic E-state index is 0.289. The molecule has 0 fully saturated rings. The van der Waals surface area contributed by atoms with Crippen molar-refractivity contribution in [2.75, 3.05) is 0 Å². The Kier molecular flexibility index (Phi) is 3.85. The summed E-state index contributed by atoms with van der Waals surface area (Å²) in [6, 6.07) is 7.17. The number of carboxylic acids is 1. The highest BCUT2D eigenvalue weighted by atomic mass is 19.4. The molecule has 0 aromatic heterocycles. The third-order valence-corrected chi connectivity index (χ3v) is 2.96. The molecule has 2 rings (SSSR count). The van der Waals surface area contributed by atoms with Crippen molar-refractivity contribution in [2.45, 2.75) is 6.18 Å². The second kappa shape index (κ2) is 5.47. The van der Waals surface area contributed by atoms with E-state index in [1.807, 2.05) is 0 Å². The standard InChI is InChI=1S/C14H8F3NO4/c15-14(16,17)11-4-2-1-3-9(11)10-6-5-8(13(19)20)7-12(10)18(21)22/h1-7H,(H,19,20). The van der Waals surface area contributed by atoms with E-state index in [-0.39, 0.29) is 16.7 Å². The van der Waals surface area contributed by atoms with Crippen LogP contribution in [0.5, 0.6) is 0 Å². The number of aromatic carboxylic acids is 1. The SMILES string of the molecule is O=C(O)c1ccc(-c2ccccc2C(F)(F)F)c([N+](=O)[O-])c1. The molecule has 0 unspecified atom stereocenters. The molecule has 2 aromatic rings. The van der Waals surface area contributed by atoms with Crippen molar-refractivity contribution in [3.05, 3.63) is 63.7 Å². The quantitative estimate of drug-likeness (QED) is 0.686. The smallest absolute Gasteiger partial charge is 0.417 e. The van der Waals surface area contributed by atoms with Crippen molar-refractivity contribution in [2.24, 2.45) is 0 Å². The van der Waals surface area contributed by atoms with Crippen LogP contribution in [0.4, 0.5) is 18.9 Å². The number of nitro groups is 1. The van der Waals surface area contributed by atoms with Crippen molar-refractivity contribution < 1.29 is 28.0 Å². The summed E-state index contributed by atoms with van der Waals surface area (Å²) in [6.07, 6.45) is -4.68. The Morgan fingerprint density at radius 1 is 1.09 bits per heavy atom. The number of nitro benzene ring substituents is 1. The molecule has 0 saturated heterocycles. The largest absolute Gasteiger partial charge is 0.478 e. The molecule has 0 aliphatic carbocycles. The molecule has 1 N–H and O–H groups in total. The third kappa shape index (κ3) is 2.90. The van der Waals surface area contributed by atoms with Gasteiger partial charge in [-0.15, -0.1) is 0 Å². The summed E-state index contributed by atoms with van der Waals surface area (Å²) in [5.74, 6) is -1.40. The Hall–Kier alpha value is -2.90. The van der Waals surface area contributed by atoms with E-state index < -0.39 is 28.3 Å². The monoisotopic (exact) mass is 311 g/mol. The maximum absolute atomic E-state index is 13.0. The summed E-state index contributed by atoms with van der Waals surface area (Å²) in [6.45, 7) is 0. The van der Waals surface area contributed by atoms with Gasteiger partial charge in [0.15, 0.2) is 0 Å². The Bertz CT molecular complexity index is 756. The van der Waals surface area contributed by atoms with Crippen LogP contribution < -0.4 is 0 Å². The lowest BCUT2D eigenvalue weighted by Crippen LogP contribution is -2.08. The van der Waals surface area contributed by atoms with Crippen molar-refractivity contribution in [3.63, 3.8) is 0 Å². The molecule has 114 valence electrons. The van der Waals surface area contributed by atoms with Gasteiger partial charge in [0.1, 0.15) is 0 Å². The van der Waals surface area contributed by atoms with E-state index in [9.17, 15) is 28.1 Å². The van der Waals surface area contributed by atoms with Crippen molar-refractivity contribution in [1.29, 1.82) is 0 Å². The minimum atomic E-state index is -4.68. The Balaban J connectivity index is 2.73. The van der Waals surface area contributed by atoms with Gasteiger partial charge < -0.3 is 5.11 Å². The van der Waals surface area contributed by atoms with Gasteiger partial charge in [-0.3, -0.25) is 10.1 Å². The van der Waals surface area contributed by atoms with Gasteiger partial charge in [-0.2, -0.15) is 13.2 Å². The maximum atomic E-state index is 13.0. The summed E-state index contributed by atoms with van der Waals surface area (Å²) < 4.78 is 39.0. The normalized spacial score (nSPS) is 11.2. The topological polar surface area (TPSA) is 80.4 Å². The number of hydrogen-bond donors (Lipinski definition) is 1. The maximum Gasteiger partial charge on any atom is 0.417 e. The number of benzene rings is 2. The van der Waals surface area contributed by atoms with Gasteiger partial charge >= 0.3 is 12.1 Å². The molecule has 0 atom stereocenters. The number of halogens is 3. The first kappa shape index (κ1) is 15.5. The summed E-state index contributed by atoms with van der Waals surface area (Å²) in [5.41, 5.74) is -2.76. The van der Waals surface area contributed by atoms with Crippen LogP contribution in [0.25, 0.3) is 11.1 Å². The molecule has 0 radical (unpaired) electrons. The van der Waals surface area contributed by atoms with Crippen molar-refractivity contribution >= 4 is 11.7 Å². The van der Waals surface area contributed by atoms with Gasteiger partial charge in [-0.1, -0.05) is 18.2 Å². The fourth-order valence-electron chi connectivity index (χ4n) is 2.01. The van der Waals surface area contributed by atoms with Crippen molar-refractivity contribution in [3.8, 4) is 11.1 Å². The summed E-state index contributed by atoms with van der Waals surface area (Å²) in [7, 11) is 0. The molecule has 8 heteroatoms. The molecule has 0 amide bonds. The molecule has 0 aliphatic heterocycles. The predicted octanol–water partition coefficient (Wildman–Crippen LogP) is 3.98. The van der Waals surface area contributed by atoms with E-state index in [0.29, 0.717) is 0 Å². The lowest BCUT2D eigenvalue weighted by Gasteiger charge is -2.13. The predicted molar refractivity (Wildman–Crippen MR) is 70.5 cm³/mol. The zero-order valence-corrected chi connectivity index (χ0v) is 10.8. The number of rotatable bonds is 3. The van der Waals surface area contributed by atoms with Gasteiger partial charge in [-0.25, -0.2) is 4.79 Å². The van der Waals surface area contributed by atoms with Crippen LogP contribution in [0.2, 0.25) is 0 Å². The van der Waals surface area contributed by atoms with Crippen LogP contribution in [-0.2, 0) is 6.18 Å². The van der Waals surface area contributed by atoms with Crippen LogP contribution in [0.3, 0.4) is 0 Å². The molecular weight excluding hydrogens is 303 g/mol. The summed E-state index contributed by atoms with van der Waals surface area (Å²) in [5, 5.41) is 19.9. The highest BCUT2D eigenvalue weighted by molar-refractivity contribution is 5.90. The van der Waals surface area contributed by atoms with E-state index in [2.05, 4.69) is 0 Å². The first-order chi connectivity index (χ1) is 10.2. The Morgan fingerprint density at radius 2 is 1.73 bits per heavy atom. The molecule has 0 bridgehead atoms. The van der Waals surface area contributed by atoms with Gasteiger partial charge in [0.05, 0.1) is 21.6 Å². The summed E-state index contributed by atoms with van der Waals surface area (Å²) >= 11 is 0. The van der Waals surface area contributed by atoms with Crippen LogP contribution in [-0.4, -0.2) is 16.0 Å². The van der Waals surface area contributed by atoms with Gasteiger partial charge in [0, 0.05) is 11.6 Å². The third-order valence-electron chi connectivity index (χ3n) is 2.96. The molecule has 22 heavy (non-hydrogen) atoms. The van der Waals surface area contributed by atoms with Gasteiger partial charge in [0.25, 0.3) is 5.69 Å².